The van der Waals surface area contributed by atoms with Gasteiger partial charge in [-0.05, 0) is 12.5 Å². The molecular formula is C12H19N3O2. The summed E-state index contributed by atoms with van der Waals surface area (Å²) >= 11 is 0. The zero-order valence-corrected chi connectivity index (χ0v) is 10.1. The molecule has 0 spiro atoms. The second-order valence-electron chi connectivity index (χ2n) is 3.88. The molecule has 0 unspecified atom stereocenters. The molecule has 0 saturated heterocycles. The number of pyridine rings is 1. The lowest BCUT2D eigenvalue weighted by Gasteiger charge is -2.21. The number of carbonyl (C=O) groups is 1. The number of amides is 1. The van der Waals surface area contributed by atoms with E-state index >= 15 is 0 Å². The van der Waals surface area contributed by atoms with Crippen molar-refractivity contribution in [3.8, 4) is 0 Å². The Morgan fingerprint density at radius 2 is 2.18 bits per heavy atom. The fraction of sp³-hybridized carbons (Fsp3) is 0.500. The largest absolute Gasteiger partial charge is 0.337 e. The van der Waals surface area contributed by atoms with E-state index in [2.05, 4.69) is 11.9 Å². The number of hydrogen-bond acceptors (Lipinski definition) is 3. The van der Waals surface area contributed by atoms with Crippen LogP contribution in [0.15, 0.2) is 23.1 Å². The Bertz CT molecular complexity index is 394. The van der Waals surface area contributed by atoms with E-state index < -0.39 is 0 Å². The van der Waals surface area contributed by atoms with Crippen LogP contribution in [0.1, 0.15) is 30.1 Å². The van der Waals surface area contributed by atoms with Crippen molar-refractivity contribution in [3.05, 3.63) is 34.2 Å². The van der Waals surface area contributed by atoms with Gasteiger partial charge in [0.2, 0.25) is 5.56 Å². The number of hydrogen-bond donors (Lipinski definition) is 2. The molecule has 5 nitrogen and oxygen atoms in total. The molecule has 0 aliphatic carbocycles. The van der Waals surface area contributed by atoms with Gasteiger partial charge < -0.3 is 15.6 Å². The molecule has 0 aromatic carbocycles. The van der Waals surface area contributed by atoms with Crippen LogP contribution in [-0.4, -0.2) is 35.4 Å². The molecule has 94 valence electrons. The molecule has 1 aromatic rings. The third-order valence-corrected chi connectivity index (χ3v) is 2.50. The molecule has 1 heterocycles. The number of H-pyrrole nitrogens is 1. The third kappa shape index (κ3) is 4.03. The molecule has 0 bridgehead atoms. The average Bonchev–Trinajstić information content (AvgIpc) is 2.34. The maximum Gasteiger partial charge on any atom is 0.255 e. The Morgan fingerprint density at radius 1 is 1.41 bits per heavy atom. The highest BCUT2D eigenvalue weighted by Crippen LogP contribution is 2.03. The first kappa shape index (κ1) is 13.4. The molecule has 0 atom stereocenters. The van der Waals surface area contributed by atoms with E-state index in [1.54, 1.807) is 4.90 Å². The average molecular weight is 237 g/mol. The smallest absolute Gasteiger partial charge is 0.255 e. The fourth-order valence-corrected chi connectivity index (χ4v) is 1.55. The van der Waals surface area contributed by atoms with Gasteiger partial charge in [-0.1, -0.05) is 13.3 Å². The monoisotopic (exact) mass is 237 g/mol. The minimum absolute atomic E-state index is 0.0832. The molecule has 1 rings (SSSR count). The predicted octanol–water partition coefficient (Wildman–Crippen LogP) is 0.576. The van der Waals surface area contributed by atoms with Gasteiger partial charge in [-0.25, -0.2) is 0 Å². The highest BCUT2D eigenvalue weighted by Gasteiger charge is 2.14. The summed E-state index contributed by atoms with van der Waals surface area (Å²) in [6.07, 6.45) is 3.43. The zero-order valence-electron chi connectivity index (χ0n) is 10.1. The quantitative estimate of drug-likeness (QED) is 0.759. The Hall–Kier alpha value is -1.62. The molecule has 3 N–H and O–H groups in total. The lowest BCUT2D eigenvalue weighted by Crippen LogP contribution is -2.36. The van der Waals surface area contributed by atoms with E-state index in [0.717, 1.165) is 12.8 Å². The van der Waals surface area contributed by atoms with E-state index in [1.807, 2.05) is 0 Å². The Labute approximate surface area is 101 Å². The highest BCUT2D eigenvalue weighted by molar-refractivity contribution is 5.93. The van der Waals surface area contributed by atoms with Crippen molar-refractivity contribution in [1.82, 2.24) is 9.88 Å². The zero-order chi connectivity index (χ0) is 12.7. The topological polar surface area (TPSA) is 79.2 Å². The van der Waals surface area contributed by atoms with Gasteiger partial charge in [0.25, 0.3) is 5.91 Å². The van der Waals surface area contributed by atoms with E-state index in [9.17, 15) is 9.59 Å². The Balaban J connectivity index is 2.75. The lowest BCUT2D eigenvalue weighted by molar-refractivity contribution is 0.0757. The first-order valence-electron chi connectivity index (χ1n) is 5.87. The van der Waals surface area contributed by atoms with Crippen molar-refractivity contribution in [1.29, 1.82) is 0 Å². The van der Waals surface area contributed by atoms with Crippen LogP contribution in [0.4, 0.5) is 0 Å². The van der Waals surface area contributed by atoms with Gasteiger partial charge in [-0.3, -0.25) is 9.59 Å². The maximum atomic E-state index is 12.1. The molecule has 5 heteroatoms. The number of nitrogens with zero attached hydrogens (tertiary/aromatic N) is 1. The molecule has 0 aliphatic rings. The summed E-state index contributed by atoms with van der Waals surface area (Å²) < 4.78 is 0. The van der Waals surface area contributed by atoms with Gasteiger partial charge in [0.15, 0.2) is 0 Å². The summed E-state index contributed by atoms with van der Waals surface area (Å²) in [5, 5.41) is 0. The van der Waals surface area contributed by atoms with Crippen LogP contribution in [0.5, 0.6) is 0 Å². The van der Waals surface area contributed by atoms with Crippen molar-refractivity contribution < 1.29 is 4.79 Å². The number of nitrogens with two attached hydrogens (primary N) is 1. The second kappa shape index (κ2) is 6.85. The first-order chi connectivity index (χ1) is 8.19. The summed E-state index contributed by atoms with van der Waals surface area (Å²) in [6.45, 7) is 3.76. The first-order valence-corrected chi connectivity index (χ1v) is 5.87. The summed E-state index contributed by atoms with van der Waals surface area (Å²) in [4.78, 5) is 27.2. The molecule has 0 fully saturated rings. The van der Waals surface area contributed by atoms with Crippen molar-refractivity contribution in [2.24, 2.45) is 5.73 Å². The van der Waals surface area contributed by atoms with E-state index in [4.69, 9.17) is 5.73 Å². The number of nitrogens with one attached hydrogen (secondary N) is 1. The van der Waals surface area contributed by atoms with E-state index in [0.29, 0.717) is 25.2 Å². The summed E-state index contributed by atoms with van der Waals surface area (Å²) in [5.41, 5.74) is 5.78. The molecule has 0 saturated carbocycles. The van der Waals surface area contributed by atoms with Crippen molar-refractivity contribution in [3.63, 3.8) is 0 Å². The van der Waals surface area contributed by atoms with E-state index in [-0.39, 0.29) is 11.5 Å². The minimum atomic E-state index is -0.208. The molecule has 1 aromatic heterocycles. The standard InChI is InChI=1S/C12H19N3O2/c1-2-3-7-15(8-6-13)12(17)10-4-5-11(16)14-9-10/h4-5,9H,2-3,6-8,13H2,1H3,(H,14,16). The number of carbonyl (C=O) groups excluding carboxylic acids is 1. The maximum absolute atomic E-state index is 12.1. The summed E-state index contributed by atoms with van der Waals surface area (Å²) in [5.74, 6) is -0.0832. The van der Waals surface area contributed by atoms with Crippen LogP contribution in [0.3, 0.4) is 0 Å². The van der Waals surface area contributed by atoms with Gasteiger partial charge in [0.1, 0.15) is 0 Å². The molecule has 1 amide bonds. The van der Waals surface area contributed by atoms with Gasteiger partial charge in [0, 0.05) is 31.9 Å². The van der Waals surface area contributed by atoms with Crippen molar-refractivity contribution in [2.45, 2.75) is 19.8 Å². The third-order valence-electron chi connectivity index (χ3n) is 2.50. The van der Waals surface area contributed by atoms with Gasteiger partial charge in [-0.15, -0.1) is 0 Å². The lowest BCUT2D eigenvalue weighted by atomic mass is 10.2. The normalized spacial score (nSPS) is 10.2. The predicted molar refractivity (Wildman–Crippen MR) is 66.9 cm³/mol. The van der Waals surface area contributed by atoms with Crippen LogP contribution in [0.25, 0.3) is 0 Å². The van der Waals surface area contributed by atoms with Gasteiger partial charge >= 0.3 is 0 Å². The second-order valence-corrected chi connectivity index (χ2v) is 3.88. The van der Waals surface area contributed by atoms with Crippen molar-refractivity contribution >= 4 is 5.91 Å². The minimum Gasteiger partial charge on any atom is -0.337 e. The summed E-state index contributed by atoms with van der Waals surface area (Å²) in [7, 11) is 0. The number of aromatic nitrogens is 1. The fourth-order valence-electron chi connectivity index (χ4n) is 1.55. The van der Waals surface area contributed by atoms with Crippen LogP contribution in [-0.2, 0) is 0 Å². The number of rotatable bonds is 6. The SMILES string of the molecule is CCCCN(CCN)C(=O)c1ccc(=O)[nH]c1. The molecule has 0 radical (unpaired) electrons. The molecule has 17 heavy (non-hydrogen) atoms. The molecule has 0 aliphatic heterocycles. The van der Waals surface area contributed by atoms with Crippen LogP contribution >= 0.6 is 0 Å². The van der Waals surface area contributed by atoms with Crippen molar-refractivity contribution in [2.75, 3.05) is 19.6 Å². The number of aromatic amines is 1. The van der Waals surface area contributed by atoms with Crippen LogP contribution in [0.2, 0.25) is 0 Å². The molecular weight excluding hydrogens is 218 g/mol. The number of unbranched alkanes of at least 4 members (excludes halogenated alkanes) is 1. The Morgan fingerprint density at radius 3 is 2.71 bits per heavy atom. The van der Waals surface area contributed by atoms with Crippen LogP contribution < -0.4 is 11.3 Å². The van der Waals surface area contributed by atoms with E-state index in [1.165, 1.54) is 18.3 Å². The van der Waals surface area contributed by atoms with Gasteiger partial charge in [0.05, 0.1) is 5.56 Å². The van der Waals surface area contributed by atoms with Crippen LogP contribution in [0, 0.1) is 0 Å². The summed E-state index contributed by atoms with van der Waals surface area (Å²) in [6, 6.07) is 2.89. The Kier molecular flexibility index (Phi) is 5.42. The van der Waals surface area contributed by atoms with Gasteiger partial charge in [-0.2, -0.15) is 0 Å². The highest BCUT2D eigenvalue weighted by atomic mass is 16.2.